The lowest BCUT2D eigenvalue weighted by molar-refractivity contribution is -0.161. The molecular formula is C21H29N3O4. The molecule has 1 unspecified atom stereocenters. The van der Waals surface area contributed by atoms with Crippen LogP contribution in [0.5, 0.6) is 0 Å². The molecule has 0 radical (unpaired) electrons. The highest BCUT2D eigenvalue weighted by molar-refractivity contribution is 6.35. The number of piperazine rings is 1. The van der Waals surface area contributed by atoms with Crippen LogP contribution in [-0.4, -0.2) is 78.4 Å². The lowest BCUT2D eigenvalue weighted by Gasteiger charge is -2.39. The number of nitrogens with zero attached hydrogens (tertiary/aromatic N) is 3. The van der Waals surface area contributed by atoms with E-state index in [2.05, 4.69) is 6.92 Å². The van der Waals surface area contributed by atoms with Crippen LogP contribution in [0.25, 0.3) is 0 Å². The van der Waals surface area contributed by atoms with Crippen molar-refractivity contribution in [3.63, 3.8) is 0 Å². The van der Waals surface area contributed by atoms with Gasteiger partial charge in [-0.25, -0.2) is 0 Å². The second kappa shape index (κ2) is 9.68. The van der Waals surface area contributed by atoms with Gasteiger partial charge >= 0.3 is 11.8 Å². The van der Waals surface area contributed by atoms with Crippen molar-refractivity contribution in [2.24, 2.45) is 0 Å². The SMILES string of the molecule is CCCCN1CCN(C(C(=O)N2CCCOCC2)c2ccccc2)C(=O)C1=O. The van der Waals surface area contributed by atoms with Crippen LogP contribution in [0.15, 0.2) is 30.3 Å². The molecule has 0 N–H and O–H groups in total. The molecule has 0 bridgehead atoms. The van der Waals surface area contributed by atoms with Crippen molar-refractivity contribution < 1.29 is 19.1 Å². The maximum absolute atomic E-state index is 13.4. The zero-order valence-corrected chi connectivity index (χ0v) is 16.5. The quantitative estimate of drug-likeness (QED) is 0.693. The number of hydrogen-bond donors (Lipinski definition) is 0. The number of amides is 3. The third kappa shape index (κ3) is 4.52. The maximum Gasteiger partial charge on any atom is 0.313 e. The van der Waals surface area contributed by atoms with E-state index in [1.54, 1.807) is 9.80 Å². The van der Waals surface area contributed by atoms with Crippen molar-refractivity contribution in [1.82, 2.24) is 14.7 Å². The molecule has 2 aliphatic heterocycles. The molecule has 2 aliphatic rings. The molecule has 1 atom stereocenters. The summed E-state index contributed by atoms with van der Waals surface area (Å²) in [5.41, 5.74) is 0.737. The second-order valence-corrected chi connectivity index (χ2v) is 7.25. The van der Waals surface area contributed by atoms with Gasteiger partial charge in [0.05, 0.1) is 6.61 Å². The summed E-state index contributed by atoms with van der Waals surface area (Å²) in [4.78, 5) is 43.8. The monoisotopic (exact) mass is 387 g/mol. The van der Waals surface area contributed by atoms with E-state index in [4.69, 9.17) is 4.74 Å². The first-order valence-electron chi connectivity index (χ1n) is 10.1. The minimum Gasteiger partial charge on any atom is -0.380 e. The van der Waals surface area contributed by atoms with Crippen LogP contribution in [0.3, 0.4) is 0 Å². The van der Waals surface area contributed by atoms with Crippen LogP contribution in [0.4, 0.5) is 0 Å². The van der Waals surface area contributed by atoms with Gasteiger partial charge in [-0.2, -0.15) is 0 Å². The number of hydrogen-bond acceptors (Lipinski definition) is 4. The molecular weight excluding hydrogens is 358 g/mol. The van der Waals surface area contributed by atoms with Gasteiger partial charge in [0.1, 0.15) is 6.04 Å². The number of carbonyl (C=O) groups excluding carboxylic acids is 3. The van der Waals surface area contributed by atoms with E-state index < -0.39 is 17.9 Å². The zero-order chi connectivity index (χ0) is 19.9. The summed E-state index contributed by atoms with van der Waals surface area (Å²) in [5.74, 6) is -1.23. The van der Waals surface area contributed by atoms with Crippen LogP contribution in [-0.2, 0) is 19.1 Å². The minimum absolute atomic E-state index is 0.139. The molecule has 2 fully saturated rings. The number of rotatable bonds is 6. The van der Waals surface area contributed by atoms with Crippen molar-refractivity contribution in [2.45, 2.75) is 32.2 Å². The topological polar surface area (TPSA) is 70.2 Å². The summed E-state index contributed by atoms with van der Waals surface area (Å²) in [7, 11) is 0. The standard InChI is InChI=1S/C21H29N3O4/c1-2-3-10-22-12-13-24(21(27)20(22)26)18(17-8-5-4-6-9-17)19(25)23-11-7-15-28-16-14-23/h4-6,8-9,18H,2-3,7,10-16H2,1H3. The normalized spacial score (nSPS) is 19.5. The summed E-state index contributed by atoms with van der Waals surface area (Å²) in [6.45, 7) is 5.69. The van der Waals surface area contributed by atoms with Crippen LogP contribution in [0.2, 0.25) is 0 Å². The van der Waals surface area contributed by atoms with Crippen molar-refractivity contribution >= 4 is 17.7 Å². The van der Waals surface area contributed by atoms with Crippen LogP contribution in [0.1, 0.15) is 37.8 Å². The van der Waals surface area contributed by atoms with E-state index in [1.165, 1.54) is 4.90 Å². The molecule has 2 saturated heterocycles. The van der Waals surface area contributed by atoms with Gasteiger partial charge in [-0.1, -0.05) is 43.7 Å². The molecule has 1 aromatic rings. The summed E-state index contributed by atoms with van der Waals surface area (Å²) in [5, 5.41) is 0. The summed E-state index contributed by atoms with van der Waals surface area (Å²) >= 11 is 0. The smallest absolute Gasteiger partial charge is 0.313 e. The molecule has 7 nitrogen and oxygen atoms in total. The summed E-state index contributed by atoms with van der Waals surface area (Å²) in [6, 6.07) is 8.50. The predicted octanol–water partition coefficient (Wildman–Crippen LogP) is 1.45. The number of unbranched alkanes of at least 4 members (excludes halogenated alkanes) is 1. The zero-order valence-electron chi connectivity index (χ0n) is 16.5. The van der Waals surface area contributed by atoms with Crippen LogP contribution < -0.4 is 0 Å². The molecule has 0 saturated carbocycles. The lowest BCUT2D eigenvalue weighted by atomic mass is 10.0. The number of carbonyl (C=O) groups is 3. The highest BCUT2D eigenvalue weighted by Crippen LogP contribution is 2.26. The molecule has 28 heavy (non-hydrogen) atoms. The van der Waals surface area contributed by atoms with E-state index in [1.807, 2.05) is 30.3 Å². The fourth-order valence-electron chi connectivity index (χ4n) is 3.73. The van der Waals surface area contributed by atoms with Crippen molar-refractivity contribution in [1.29, 1.82) is 0 Å². The first-order valence-corrected chi connectivity index (χ1v) is 10.1. The average molecular weight is 387 g/mol. The van der Waals surface area contributed by atoms with Gasteiger partial charge in [0.25, 0.3) is 0 Å². The van der Waals surface area contributed by atoms with E-state index >= 15 is 0 Å². The van der Waals surface area contributed by atoms with Crippen LogP contribution >= 0.6 is 0 Å². The van der Waals surface area contributed by atoms with Gasteiger partial charge in [0, 0.05) is 39.3 Å². The summed E-state index contributed by atoms with van der Waals surface area (Å²) < 4.78 is 5.46. The van der Waals surface area contributed by atoms with Gasteiger partial charge in [0.15, 0.2) is 0 Å². The van der Waals surface area contributed by atoms with Gasteiger partial charge in [0.2, 0.25) is 5.91 Å². The van der Waals surface area contributed by atoms with E-state index in [0.717, 1.165) is 24.8 Å². The Hall–Kier alpha value is -2.41. The molecule has 3 amide bonds. The first-order chi connectivity index (χ1) is 13.6. The van der Waals surface area contributed by atoms with Gasteiger partial charge in [-0.05, 0) is 18.4 Å². The second-order valence-electron chi connectivity index (χ2n) is 7.25. The van der Waals surface area contributed by atoms with Crippen LogP contribution in [0, 0.1) is 0 Å². The number of ether oxygens (including phenoxy) is 1. The van der Waals surface area contributed by atoms with Crippen molar-refractivity contribution in [3.8, 4) is 0 Å². The Bertz CT molecular complexity index is 686. The minimum atomic E-state index is -0.774. The average Bonchev–Trinajstić information content (AvgIpc) is 3.01. The van der Waals surface area contributed by atoms with Crippen molar-refractivity contribution in [3.05, 3.63) is 35.9 Å². The maximum atomic E-state index is 13.4. The van der Waals surface area contributed by atoms with Crippen molar-refractivity contribution in [2.75, 3.05) is 45.9 Å². The Balaban J connectivity index is 1.84. The lowest BCUT2D eigenvalue weighted by Crippen LogP contribution is -2.57. The molecule has 0 aliphatic carbocycles. The van der Waals surface area contributed by atoms with E-state index in [-0.39, 0.29) is 5.91 Å². The molecule has 152 valence electrons. The molecule has 1 aromatic carbocycles. The Labute approximate surface area is 166 Å². The highest BCUT2D eigenvalue weighted by Gasteiger charge is 2.41. The van der Waals surface area contributed by atoms with Gasteiger partial charge in [-0.3, -0.25) is 14.4 Å². The third-order valence-electron chi connectivity index (χ3n) is 5.32. The highest BCUT2D eigenvalue weighted by atomic mass is 16.5. The fraction of sp³-hybridized carbons (Fsp3) is 0.571. The molecule has 7 heteroatoms. The Morgan fingerprint density at radius 2 is 1.82 bits per heavy atom. The largest absolute Gasteiger partial charge is 0.380 e. The fourth-order valence-corrected chi connectivity index (χ4v) is 3.73. The molecule has 0 aromatic heterocycles. The van der Waals surface area contributed by atoms with Gasteiger partial charge in [-0.15, -0.1) is 0 Å². The number of benzene rings is 1. The van der Waals surface area contributed by atoms with Gasteiger partial charge < -0.3 is 19.4 Å². The third-order valence-corrected chi connectivity index (χ3v) is 5.32. The molecule has 2 heterocycles. The Kier molecular flexibility index (Phi) is 7.03. The Morgan fingerprint density at radius 3 is 2.57 bits per heavy atom. The molecule has 0 spiro atoms. The Morgan fingerprint density at radius 1 is 1.04 bits per heavy atom. The molecule has 3 rings (SSSR count). The van der Waals surface area contributed by atoms with E-state index in [9.17, 15) is 14.4 Å². The first kappa shape index (κ1) is 20.3. The van der Waals surface area contributed by atoms with E-state index in [0.29, 0.717) is 45.9 Å². The predicted molar refractivity (Wildman–Crippen MR) is 104 cm³/mol. The summed E-state index contributed by atoms with van der Waals surface area (Å²) in [6.07, 6.45) is 2.60.